The summed E-state index contributed by atoms with van der Waals surface area (Å²) in [6.07, 6.45) is 7.32. The topological polar surface area (TPSA) is 141 Å². The van der Waals surface area contributed by atoms with E-state index in [0.717, 1.165) is 16.9 Å². The van der Waals surface area contributed by atoms with Crippen molar-refractivity contribution in [2.24, 2.45) is 0 Å². The predicted molar refractivity (Wildman–Crippen MR) is 184 cm³/mol. The van der Waals surface area contributed by atoms with Gasteiger partial charge in [-0.1, -0.05) is 0 Å². The molecule has 14 heteroatoms. The number of nitrogens with one attached hydrogen (secondary N) is 1. The van der Waals surface area contributed by atoms with Crippen LogP contribution < -0.4 is 15.0 Å². The van der Waals surface area contributed by atoms with E-state index in [-0.39, 0.29) is 11.8 Å². The molecule has 2 amide bonds. The molecule has 4 aromatic heterocycles. The molecule has 2 saturated heterocycles. The highest BCUT2D eigenvalue weighted by atomic mass is 19.1. The molecule has 2 fully saturated rings. The Hall–Kier alpha value is -5.29. The molecule has 6 heterocycles. The molecule has 0 radical (unpaired) electrons. The molecule has 6 rings (SSSR count). The lowest BCUT2D eigenvalue weighted by Crippen LogP contribution is -2.63. The predicted octanol–water partition coefficient (Wildman–Crippen LogP) is 4.52. The van der Waals surface area contributed by atoms with E-state index >= 15 is 0 Å². The lowest BCUT2D eigenvalue weighted by molar-refractivity contribution is 0.0115. The van der Waals surface area contributed by atoms with Crippen LogP contribution in [0, 0.1) is 17.1 Å². The zero-order valence-corrected chi connectivity index (χ0v) is 28.9. The summed E-state index contributed by atoms with van der Waals surface area (Å²) < 4.78 is 27.6. The van der Waals surface area contributed by atoms with Gasteiger partial charge < -0.3 is 24.6 Å². The summed E-state index contributed by atoms with van der Waals surface area (Å²) in [5.41, 5.74) is 1.28. The van der Waals surface area contributed by atoms with Crippen LogP contribution in [0.4, 0.5) is 15.0 Å². The first-order valence-electron chi connectivity index (χ1n) is 16.9. The van der Waals surface area contributed by atoms with Gasteiger partial charge in [0.15, 0.2) is 11.5 Å². The fourth-order valence-corrected chi connectivity index (χ4v) is 6.56. The van der Waals surface area contributed by atoms with Crippen LogP contribution in [-0.2, 0) is 4.74 Å². The molecule has 0 atom stereocenters. The van der Waals surface area contributed by atoms with E-state index < -0.39 is 22.9 Å². The van der Waals surface area contributed by atoms with E-state index in [1.165, 1.54) is 24.5 Å². The maximum atomic E-state index is 14.6. The Morgan fingerprint density at radius 1 is 1.06 bits per heavy atom. The molecule has 13 nitrogen and oxygen atoms in total. The smallest absolute Gasteiger partial charge is 0.410 e. The van der Waals surface area contributed by atoms with E-state index in [0.29, 0.717) is 82.1 Å². The van der Waals surface area contributed by atoms with E-state index in [9.17, 15) is 19.2 Å². The van der Waals surface area contributed by atoms with Gasteiger partial charge in [0.25, 0.3) is 5.91 Å². The first-order valence-corrected chi connectivity index (χ1v) is 16.9. The number of fused-ring (bicyclic) bond motifs is 1. The molecule has 50 heavy (non-hydrogen) atoms. The van der Waals surface area contributed by atoms with Crippen molar-refractivity contribution >= 4 is 23.3 Å². The minimum Gasteiger partial charge on any atom is -0.492 e. The Bertz CT molecular complexity index is 1880. The number of hydrogen-bond acceptors (Lipinski definition) is 10. The highest BCUT2D eigenvalue weighted by molar-refractivity contribution is 5.93. The van der Waals surface area contributed by atoms with Crippen LogP contribution in [0.3, 0.4) is 0 Å². The van der Waals surface area contributed by atoms with E-state index in [2.05, 4.69) is 31.3 Å². The number of aromatic nitrogens is 4. The van der Waals surface area contributed by atoms with Gasteiger partial charge in [0.05, 0.1) is 35.6 Å². The molecule has 0 bridgehead atoms. The highest BCUT2D eigenvalue weighted by Crippen LogP contribution is 2.33. The van der Waals surface area contributed by atoms with Gasteiger partial charge >= 0.3 is 6.09 Å². The number of carbonyl (C=O) groups excluding carboxylic acids is 2. The normalized spacial score (nSPS) is 16.6. The van der Waals surface area contributed by atoms with Crippen molar-refractivity contribution in [1.29, 1.82) is 5.26 Å². The van der Waals surface area contributed by atoms with Crippen LogP contribution in [0.25, 0.3) is 16.6 Å². The number of hydrogen-bond donors (Lipinski definition) is 1. The number of amides is 2. The quantitative estimate of drug-likeness (QED) is 0.282. The van der Waals surface area contributed by atoms with Crippen molar-refractivity contribution in [3.05, 3.63) is 72.2 Å². The summed E-state index contributed by atoms with van der Waals surface area (Å²) in [7, 11) is 0. The Morgan fingerprint density at radius 2 is 1.82 bits per heavy atom. The van der Waals surface area contributed by atoms with Crippen LogP contribution in [0.15, 0.2) is 55.1 Å². The first-order chi connectivity index (χ1) is 24.0. The summed E-state index contributed by atoms with van der Waals surface area (Å²) in [4.78, 5) is 41.0. The molecule has 2 aliphatic heterocycles. The second kappa shape index (κ2) is 14.3. The lowest BCUT2D eigenvalue weighted by Gasteiger charge is -2.46. The molecule has 1 N–H and O–H groups in total. The van der Waals surface area contributed by atoms with Gasteiger partial charge in [0.1, 0.15) is 23.2 Å². The van der Waals surface area contributed by atoms with Gasteiger partial charge in [0.2, 0.25) is 0 Å². The Labute approximate surface area is 290 Å². The fraction of sp³-hybridized carbons (Fsp3) is 0.444. The van der Waals surface area contributed by atoms with Gasteiger partial charge in [-0.2, -0.15) is 10.4 Å². The zero-order valence-electron chi connectivity index (χ0n) is 28.9. The highest BCUT2D eigenvalue weighted by Gasteiger charge is 2.40. The second-order valence-electron chi connectivity index (χ2n) is 13.7. The van der Waals surface area contributed by atoms with Crippen LogP contribution in [0.1, 0.15) is 56.6 Å². The van der Waals surface area contributed by atoms with Crippen LogP contribution in [-0.4, -0.2) is 105 Å². The van der Waals surface area contributed by atoms with Crippen molar-refractivity contribution in [2.75, 3.05) is 57.3 Å². The fourth-order valence-electron chi connectivity index (χ4n) is 6.56. The van der Waals surface area contributed by atoms with Crippen molar-refractivity contribution in [3.8, 4) is 22.9 Å². The average Bonchev–Trinajstić information content (AvgIpc) is 3.51. The summed E-state index contributed by atoms with van der Waals surface area (Å²) in [5.74, 6) is 0.192. The molecule has 0 spiro atoms. The Kier molecular flexibility index (Phi) is 9.88. The lowest BCUT2D eigenvalue weighted by atomic mass is 9.86. The SMILES string of the molecule is CCOc1cc(-c2ccc(N3CCC(CN4CCN(C(=O)OC(C)(C)C)CC4)(NC(=O)c4ncccc4F)CC3)nc2)c2c(C#N)cnn2c1. The third-order valence-corrected chi connectivity index (χ3v) is 9.02. The number of anilines is 1. The van der Waals surface area contributed by atoms with E-state index in [4.69, 9.17) is 14.5 Å². The van der Waals surface area contributed by atoms with Crippen molar-refractivity contribution < 1.29 is 23.5 Å². The van der Waals surface area contributed by atoms with Gasteiger partial charge in [-0.25, -0.2) is 23.7 Å². The average molecular weight is 684 g/mol. The molecular weight excluding hydrogens is 641 g/mol. The van der Waals surface area contributed by atoms with Gasteiger partial charge in [-0.3, -0.25) is 9.69 Å². The maximum absolute atomic E-state index is 14.6. The van der Waals surface area contributed by atoms with Gasteiger partial charge in [0, 0.05) is 69.3 Å². The largest absolute Gasteiger partial charge is 0.492 e. The van der Waals surface area contributed by atoms with Crippen molar-refractivity contribution in [1.82, 2.24) is 34.7 Å². The maximum Gasteiger partial charge on any atom is 0.410 e. The number of halogens is 1. The van der Waals surface area contributed by atoms with Crippen LogP contribution in [0.2, 0.25) is 0 Å². The number of carbonyl (C=O) groups is 2. The number of nitrogens with zero attached hydrogens (tertiary/aromatic N) is 8. The minimum absolute atomic E-state index is 0.235. The number of piperazine rings is 1. The van der Waals surface area contributed by atoms with Crippen LogP contribution in [0.5, 0.6) is 5.75 Å². The number of ether oxygens (including phenoxy) is 2. The molecule has 0 saturated carbocycles. The molecule has 0 unspecified atom stereocenters. The summed E-state index contributed by atoms with van der Waals surface area (Å²) in [6, 6.07) is 10.7. The third-order valence-electron chi connectivity index (χ3n) is 9.02. The molecular formula is C36H42FN9O4. The number of pyridine rings is 3. The minimum atomic E-state index is -0.672. The molecule has 0 aromatic carbocycles. The van der Waals surface area contributed by atoms with Crippen LogP contribution >= 0.6 is 0 Å². The monoisotopic (exact) mass is 683 g/mol. The van der Waals surface area contributed by atoms with Crippen molar-refractivity contribution in [3.63, 3.8) is 0 Å². The zero-order chi connectivity index (χ0) is 35.5. The van der Waals surface area contributed by atoms with E-state index in [1.54, 1.807) is 21.8 Å². The summed E-state index contributed by atoms with van der Waals surface area (Å²) >= 11 is 0. The first kappa shape index (κ1) is 34.6. The Balaban J connectivity index is 1.18. The Morgan fingerprint density at radius 3 is 2.46 bits per heavy atom. The summed E-state index contributed by atoms with van der Waals surface area (Å²) in [5, 5.41) is 17.2. The number of rotatable bonds is 8. The summed E-state index contributed by atoms with van der Waals surface area (Å²) in [6.45, 7) is 11.9. The van der Waals surface area contributed by atoms with E-state index in [1.807, 2.05) is 45.9 Å². The molecule has 262 valence electrons. The second-order valence-corrected chi connectivity index (χ2v) is 13.7. The van der Waals surface area contributed by atoms with Gasteiger partial charge in [-0.05, 0) is 70.9 Å². The third kappa shape index (κ3) is 7.63. The standard InChI is InChI=1S/C36H42FN9O4/c1-5-49-27-19-28(32-26(20-38)22-41-46(32)23-27)25-8-9-30(40-21-25)44-13-10-36(11-14-44,42-33(47)31-29(37)7-6-12-39-31)24-43-15-17-45(18-16-43)34(48)50-35(2,3)4/h6-9,12,19,21-23H,5,10-11,13-18,24H2,1-4H3,(H,42,47). The molecule has 2 aliphatic rings. The molecule has 4 aromatic rings. The number of nitriles is 1. The number of piperidine rings is 1. The van der Waals surface area contributed by atoms with Gasteiger partial charge in [-0.15, -0.1) is 0 Å². The molecule has 0 aliphatic carbocycles. The van der Waals surface area contributed by atoms with Crippen molar-refractivity contribution in [2.45, 2.75) is 51.7 Å².